The summed E-state index contributed by atoms with van der Waals surface area (Å²) in [7, 11) is 0. The van der Waals surface area contributed by atoms with Gasteiger partial charge in [-0.15, -0.1) is 0 Å². The molecule has 2 heteroatoms. The number of unbranched alkanes of at least 4 members (excludes halogenated alkanes) is 4. The second-order valence-corrected chi connectivity index (χ2v) is 4.60. The number of allylic oxidation sites excluding steroid dienone is 8. The Labute approximate surface area is 123 Å². The van der Waals surface area contributed by atoms with E-state index in [1.54, 1.807) is 37.3 Å². The van der Waals surface area contributed by atoms with Gasteiger partial charge in [-0.1, -0.05) is 50.5 Å². The molecule has 0 bridgehead atoms. The van der Waals surface area contributed by atoms with Crippen molar-refractivity contribution in [1.29, 1.82) is 0 Å². The predicted octanol–water partition coefficient (Wildman–Crippen LogP) is 4.73. The van der Waals surface area contributed by atoms with Gasteiger partial charge in [0.25, 0.3) is 0 Å². The maximum absolute atomic E-state index is 11.5. The molecule has 0 aromatic rings. The van der Waals surface area contributed by atoms with Crippen LogP contribution in [0.15, 0.2) is 48.6 Å². The molecule has 2 nitrogen and oxygen atoms in total. The zero-order chi connectivity index (χ0) is 15.1. The van der Waals surface area contributed by atoms with Crippen LogP contribution in [-0.4, -0.2) is 11.6 Å². The molecule has 0 fully saturated rings. The van der Waals surface area contributed by atoms with Gasteiger partial charge >= 0.3 is 0 Å². The molecule has 0 aliphatic heterocycles. The van der Waals surface area contributed by atoms with E-state index < -0.39 is 0 Å². The molecule has 0 amide bonds. The number of carbonyl (C=O) groups is 2. The molecule has 0 aromatic carbocycles. The van der Waals surface area contributed by atoms with E-state index in [0.717, 1.165) is 12.8 Å². The first-order valence-corrected chi connectivity index (χ1v) is 7.41. The van der Waals surface area contributed by atoms with Gasteiger partial charge in [0, 0.05) is 0 Å². The van der Waals surface area contributed by atoms with E-state index in [-0.39, 0.29) is 11.6 Å². The summed E-state index contributed by atoms with van der Waals surface area (Å²) in [4.78, 5) is 22.6. The van der Waals surface area contributed by atoms with E-state index in [1.807, 2.05) is 6.08 Å². The molecule has 0 N–H and O–H groups in total. The molecule has 0 atom stereocenters. The van der Waals surface area contributed by atoms with E-state index in [1.165, 1.54) is 31.4 Å². The third kappa shape index (κ3) is 12.7. The minimum atomic E-state index is -0.0285. The highest BCUT2D eigenvalue weighted by Gasteiger charge is 1.89. The van der Waals surface area contributed by atoms with E-state index in [9.17, 15) is 9.59 Å². The molecule has 0 saturated carbocycles. The van der Waals surface area contributed by atoms with Crippen molar-refractivity contribution < 1.29 is 9.59 Å². The molecule has 0 aromatic heterocycles. The Morgan fingerprint density at radius 3 is 2.00 bits per heavy atom. The van der Waals surface area contributed by atoms with Crippen LogP contribution in [0.5, 0.6) is 0 Å². The molecule has 0 unspecified atom stereocenters. The third-order valence-corrected chi connectivity index (χ3v) is 2.67. The number of rotatable bonds is 11. The monoisotopic (exact) mass is 274 g/mol. The van der Waals surface area contributed by atoms with Crippen LogP contribution in [-0.2, 0) is 9.59 Å². The maximum atomic E-state index is 11.5. The lowest BCUT2D eigenvalue weighted by Gasteiger charge is -1.93. The van der Waals surface area contributed by atoms with Gasteiger partial charge in [-0.25, -0.2) is 0 Å². The molecule has 0 saturated heterocycles. The lowest BCUT2D eigenvalue weighted by atomic mass is 10.1. The summed E-state index contributed by atoms with van der Waals surface area (Å²) >= 11 is 0. The van der Waals surface area contributed by atoms with Crippen LogP contribution in [0.1, 0.15) is 52.4 Å². The zero-order valence-corrected chi connectivity index (χ0v) is 12.7. The summed E-state index contributed by atoms with van der Waals surface area (Å²) in [6.45, 7) is 3.99. The van der Waals surface area contributed by atoms with Crippen LogP contribution in [0.25, 0.3) is 0 Å². The Morgan fingerprint density at radius 1 is 0.800 bits per heavy atom. The summed E-state index contributed by atoms with van der Waals surface area (Å²) in [5.41, 5.74) is 0. The smallest absolute Gasteiger partial charge is 0.178 e. The molecule has 110 valence electrons. The van der Waals surface area contributed by atoms with Crippen molar-refractivity contribution in [2.24, 2.45) is 0 Å². The van der Waals surface area contributed by atoms with Gasteiger partial charge < -0.3 is 0 Å². The molecular formula is C18H26O2. The van der Waals surface area contributed by atoms with Gasteiger partial charge in [-0.05, 0) is 50.5 Å². The van der Waals surface area contributed by atoms with Gasteiger partial charge in [0.15, 0.2) is 11.6 Å². The Hall–Kier alpha value is -1.70. The van der Waals surface area contributed by atoms with Crippen molar-refractivity contribution in [3.63, 3.8) is 0 Å². The summed E-state index contributed by atoms with van der Waals surface area (Å²) in [6.07, 6.45) is 19.8. The molecule has 0 spiro atoms. The fraction of sp³-hybridized carbons (Fsp3) is 0.444. The lowest BCUT2D eigenvalue weighted by molar-refractivity contribution is -0.111. The van der Waals surface area contributed by atoms with Gasteiger partial charge in [0.1, 0.15) is 0 Å². The quantitative estimate of drug-likeness (QED) is 0.403. The van der Waals surface area contributed by atoms with Crippen molar-refractivity contribution in [1.82, 2.24) is 0 Å². The van der Waals surface area contributed by atoms with Gasteiger partial charge in [0.05, 0.1) is 0 Å². The van der Waals surface area contributed by atoms with Crippen molar-refractivity contribution in [3.8, 4) is 0 Å². The van der Waals surface area contributed by atoms with Crippen molar-refractivity contribution in [2.45, 2.75) is 52.4 Å². The second-order valence-electron chi connectivity index (χ2n) is 4.60. The minimum Gasteiger partial charge on any atom is -0.290 e. The number of hydrogen-bond donors (Lipinski definition) is 0. The molecule has 0 rings (SSSR count). The summed E-state index contributed by atoms with van der Waals surface area (Å²) in [6, 6.07) is 0. The molecule has 0 aliphatic rings. The standard InChI is InChI=1S/C18H26O2/c1-3-5-6-7-8-10-15-18(20)16-12-9-11-14-17(19)13-4-2/h4,10-16H,3,5-9H2,1-2H3. The van der Waals surface area contributed by atoms with E-state index in [4.69, 9.17) is 0 Å². The lowest BCUT2D eigenvalue weighted by Crippen LogP contribution is -1.85. The Balaban J connectivity index is 3.77. The van der Waals surface area contributed by atoms with Gasteiger partial charge in [-0.3, -0.25) is 9.59 Å². The Kier molecular flexibility index (Phi) is 12.6. The maximum Gasteiger partial charge on any atom is 0.178 e. The highest BCUT2D eigenvalue weighted by atomic mass is 16.1. The van der Waals surface area contributed by atoms with Crippen molar-refractivity contribution in [2.75, 3.05) is 0 Å². The topological polar surface area (TPSA) is 34.1 Å². The van der Waals surface area contributed by atoms with Crippen LogP contribution in [0.2, 0.25) is 0 Å². The second kappa shape index (κ2) is 13.7. The first kappa shape index (κ1) is 18.3. The van der Waals surface area contributed by atoms with Crippen LogP contribution in [0.4, 0.5) is 0 Å². The van der Waals surface area contributed by atoms with Crippen LogP contribution in [0, 0.1) is 0 Å². The first-order chi connectivity index (χ1) is 9.70. The molecule has 0 heterocycles. The zero-order valence-electron chi connectivity index (χ0n) is 12.7. The molecule has 0 radical (unpaired) electrons. The summed E-state index contributed by atoms with van der Waals surface area (Å²) in [5.74, 6) is -0.0205. The van der Waals surface area contributed by atoms with Crippen LogP contribution in [0.3, 0.4) is 0 Å². The molecular weight excluding hydrogens is 248 g/mol. The normalized spacial score (nSPS) is 12.3. The number of hydrogen-bond acceptors (Lipinski definition) is 2. The van der Waals surface area contributed by atoms with Crippen molar-refractivity contribution in [3.05, 3.63) is 48.6 Å². The minimum absolute atomic E-state index is 0.00803. The van der Waals surface area contributed by atoms with Gasteiger partial charge in [0.2, 0.25) is 0 Å². The highest BCUT2D eigenvalue weighted by Crippen LogP contribution is 2.02. The van der Waals surface area contributed by atoms with Crippen LogP contribution >= 0.6 is 0 Å². The van der Waals surface area contributed by atoms with Gasteiger partial charge in [-0.2, -0.15) is 0 Å². The fourth-order valence-electron chi connectivity index (χ4n) is 1.61. The van der Waals surface area contributed by atoms with Crippen LogP contribution < -0.4 is 0 Å². The molecule has 0 aliphatic carbocycles. The number of ketones is 2. The van der Waals surface area contributed by atoms with E-state index in [0.29, 0.717) is 6.42 Å². The number of carbonyl (C=O) groups excluding carboxylic acids is 2. The molecule has 20 heavy (non-hydrogen) atoms. The summed E-state index contributed by atoms with van der Waals surface area (Å²) < 4.78 is 0. The SMILES string of the molecule is CC=CC(=O)C=CCC=CC(=O)C=CCCCCCC. The van der Waals surface area contributed by atoms with E-state index in [2.05, 4.69) is 6.92 Å². The average molecular weight is 274 g/mol. The Morgan fingerprint density at radius 2 is 1.40 bits per heavy atom. The van der Waals surface area contributed by atoms with E-state index >= 15 is 0 Å². The summed E-state index contributed by atoms with van der Waals surface area (Å²) in [5, 5.41) is 0. The highest BCUT2D eigenvalue weighted by molar-refractivity contribution is 5.99. The third-order valence-electron chi connectivity index (χ3n) is 2.67. The largest absolute Gasteiger partial charge is 0.290 e. The average Bonchev–Trinajstić information content (AvgIpc) is 2.42. The first-order valence-electron chi connectivity index (χ1n) is 7.41. The predicted molar refractivity (Wildman–Crippen MR) is 85.6 cm³/mol. The Bertz CT molecular complexity index is 384. The fourth-order valence-corrected chi connectivity index (χ4v) is 1.61. The van der Waals surface area contributed by atoms with Crippen molar-refractivity contribution >= 4 is 11.6 Å².